The largest absolute Gasteiger partial charge is 0.0619 e. The van der Waals surface area contributed by atoms with Crippen LogP contribution in [0.4, 0.5) is 0 Å². The third kappa shape index (κ3) is 3.88. The van der Waals surface area contributed by atoms with Crippen LogP contribution in [0.15, 0.2) is 182 Å². The van der Waals surface area contributed by atoms with E-state index in [1.807, 2.05) is 0 Å². The highest BCUT2D eigenvalue weighted by Gasteiger charge is 2.42. The smallest absolute Gasteiger partial charge is 0.0355 e. The summed E-state index contributed by atoms with van der Waals surface area (Å²) >= 11 is 0. The predicted molar refractivity (Wildman–Crippen MR) is 210 cm³/mol. The summed E-state index contributed by atoms with van der Waals surface area (Å²) in [5, 5.41) is 7.66. The zero-order valence-corrected chi connectivity index (χ0v) is 27.5. The molecule has 0 heteroatoms. The predicted octanol–water partition coefficient (Wildman–Crippen LogP) is 13.1. The summed E-state index contributed by atoms with van der Waals surface area (Å²) in [5.41, 5.74) is 16.5. The van der Waals surface area contributed by atoms with E-state index in [1.165, 1.54) is 99.1 Å². The van der Waals surface area contributed by atoms with E-state index in [0.717, 1.165) is 0 Å². The van der Waals surface area contributed by atoms with Crippen LogP contribution in [-0.4, -0.2) is 0 Å². The topological polar surface area (TPSA) is 0 Å². The molecule has 0 spiro atoms. The molecule has 0 saturated heterocycles. The molecule has 0 atom stereocenters. The summed E-state index contributed by atoms with van der Waals surface area (Å²) in [6, 6.07) is 68.0. The van der Waals surface area contributed by atoms with Gasteiger partial charge < -0.3 is 0 Å². The van der Waals surface area contributed by atoms with Gasteiger partial charge in [-0.05, 0) is 105 Å². The van der Waals surface area contributed by atoms with Crippen molar-refractivity contribution in [3.05, 3.63) is 215 Å². The normalized spacial score (nSPS) is 15.6. The van der Waals surface area contributed by atoms with Crippen molar-refractivity contribution in [2.24, 2.45) is 0 Å². The molecule has 0 aromatic heterocycles. The van der Waals surface area contributed by atoms with Gasteiger partial charge in [-0.25, -0.2) is 0 Å². The summed E-state index contributed by atoms with van der Waals surface area (Å²) in [5.74, 6) is 0.522. The van der Waals surface area contributed by atoms with Gasteiger partial charge in [0.05, 0.1) is 0 Å². The van der Waals surface area contributed by atoms with Crippen LogP contribution in [0, 0.1) is 0 Å². The van der Waals surface area contributed by atoms with Gasteiger partial charge in [-0.15, -0.1) is 0 Å². The van der Waals surface area contributed by atoms with E-state index < -0.39 is 0 Å². The Hall–Kier alpha value is -6.24. The SMILES string of the molecule is c1ccc2c(c1)C1c3ccccc3C2c2c(-c3ccc(-c4c5ccccc5c(-c5ccc6ccccc6c5)c5ccccc45)cc3)cccc21. The van der Waals surface area contributed by atoms with E-state index in [4.69, 9.17) is 0 Å². The van der Waals surface area contributed by atoms with Gasteiger partial charge in [0.2, 0.25) is 0 Å². The first-order valence-corrected chi connectivity index (χ1v) is 17.7. The molecule has 9 aromatic rings. The Morgan fingerprint density at radius 3 is 1.32 bits per heavy atom. The molecule has 0 radical (unpaired) electrons. The van der Waals surface area contributed by atoms with Gasteiger partial charge in [-0.1, -0.05) is 176 Å². The molecule has 0 heterocycles. The minimum absolute atomic E-state index is 0.244. The highest BCUT2D eigenvalue weighted by Crippen LogP contribution is 2.57. The molecule has 12 rings (SSSR count). The molecule has 0 fully saturated rings. The second-order valence-corrected chi connectivity index (χ2v) is 13.9. The van der Waals surface area contributed by atoms with E-state index >= 15 is 0 Å². The molecule has 232 valence electrons. The maximum atomic E-state index is 2.37. The fraction of sp³-hybridized carbons (Fsp3) is 0.0400. The zero-order valence-electron chi connectivity index (χ0n) is 27.5. The average molecular weight is 633 g/mol. The molecule has 3 aliphatic rings. The molecule has 0 saturated carbocycles. The van der Waals surface area contributed by atoms with Crippen molar-refractivity contribution in [2.45, 2.75) is 11.8 Å². The van der Waals surface area contributed by atoms with Crippen molar-refractivity contribution < 1.29 is 0 Å². The molecule has 0 N–H and O–H groups in total. The number of hydrogen-bond donors (Lipinski definition) is 0. The lowest BCUT2D eigenvalue weighted by Gasteiger charge is -2.43. The Bertz CT molecular complexity index is 2710. The lowest BCUT2D eigenvalue weighted by molar-refractivity contribution is 0.756. The van der Waals surface area contributed by atoms with Crippen LogP contribution in [0.2, 0.25) is 0 Å². The van der Waals surface area contributed by atoms with Gasteiger partial charge >= 0.3 is 0 Å². The van der Waals surface area contributed by atoms with Gasteiger partial charge in [0.15, 0.2) is 0 Å². The van der Waals surface area contributed by atoms with Crippen LogP contribution in [0.5, 0.6) is 0 Å². The van der Waals surface area contributed by atoms with Crippen molar-refractivity contribution in [1.29, 1.82) is 0 Å². The maximum Gasteiger partial charge on any atom is 0.0355 e. The number of fused-ring (bicyclic) bond motifs is 3. The highest BCUT2D eigenvalue weighted by molar-refractivity contribution is 6.21. The number of benzene rings is 9. The number of hydrogen-bond acceptors (Lipinski definition) is 0. The summed E-state index contributed by atoms with van der Waals surface area (Å²) < 4.78 is 0. The maximum absolute atomic E-state index is 2.37. The first-order chi connectivity index (χ1) is 24.8. The average Bonchev–Trinajstić information content (AvgIpc) is 3.19. The van der Waals surface area contributed by atoms with Crippen LogP contribution in [0.3, 0.4) is 0 Å². The summed E-state index contributed by atoms with van der Waals surface area (Å²) in [6.07, 6.45) is 0. The van der Waals surface area contributed by atoms with Crippen LogP contribution >= 0.6 is 0 Å². The third-order valence-corrected chi connectivity index (χ3v) is 11.4. The minimum atomic E-state index is 0.244. The van der Waals surface area contributed by atoms with Gasteiger partial charge in [0.25, 0.3) is 0 Å². The van der Waals surface area contributed by atoms with Crippen LogP contribution < -0.4 is 0 Å². The molecule has 3 aliphatic carbocycles. The van der Waals surface area contributed by atoms with Crippen LogP contribution in [0.1, 0.15) is 45.2 Å². The first-order valence-electron chi connectivity index (χ1n) is 17.7. The molecule has 0 unspecified atom stereocenters. The van der Waals surface area contributed by atoms with Crippen molar-refractivity contribution in [3.8, 4) is 33.4 Å². The summed E-state index contributed by atoms with van der Waals surface area (Å²) in [4.78, 5) is 0. The molecule has 0 aliphatic heterocycles. The third-order valence-electron chi connectivity index (χ3n) is 11.4. The van der Waals surface area contributed by atoms with Gasteiger partial charge in [0, 0.05) is 11.8 Å². The Kier molecular flexibility index (Phi) is 5.89. The van der Waals surface area contributed by atoms with Crippen molar-refractivity contribution in [1.82, 2.24) is 0 Å². The Morgan fingerprint density at radius 2 is 0.720 bits per heavy atom. The molecule has 9 aromatic carbocycles. The Balaban J connectivity index is 1.09. The van der Waals surface area contributed by atoms with Crippen LogP contribution in [0.25, 0.3) is 65.7 Å². The van der Waals surface area contributed by atoms with E-state index in [0.29, 0.717) is 0 Å². The Labute approximate surface area is 291 Å². The van der Waals surface area contributed by atoms with E-state index in [-0.39, 0.29) is 11.8 Å². The number of rotatable bonds is 3. The highest BCUT2D eigenvalue weighted by atomic mass is 14.4. The van der Waals surface area contributed by atoms with Crippen molar-refractivity contribution >= 4 is 32.3 Å². The second-order valence-electron chi connectivity index (χ2n) is 13.9. The quantitative estimate of drug-likeness (QED) is 0.170. The van der Waals surface area contributed by atoms with E-state index in [1.54, 1.807) is 0 Å². The van der Waals surface area contributed by atoms with Gasteiger partial charge in [0.1, 0.15) is 0 Å². The summed E-state index contributed by atoms with van der Waals surface area (Å²) in [7, 11) is 0. The summed E-state index contributed by atoms with van der Waals surface area (Å²) in [6.45, 7) is 0. The molecular formula is C50H32. The standard InChI is InChI=1S/C50H32/c1-2-13-34-30-35(29-24-31(34)12-1)47-39-16-5-3-14-37(39)46(38-15-4-6-17-40(38)47)33-27-25-32(26-28-33)36-22-11-23-45-48-41-18-7-9-20-43(41)50(49(36)45)44-21-10-8-19-42(44)48/h1-30,48,50H. The van der Waals surface area contributed by atoms with E-state index in [2.05, 4.69) is 182 Å². The molecule has 2 bridgehead atoms. The minimum Gasteiger partial charge on any atom is -0.0619 e. The second kappa shape index (κ2) is 10.6. The fourth-order valence-corrected chi connectivity index (χ4v) is 9.37. The van der Waals surface area contributed by atoms with Gasteiger partial charge in [-0.3, -0.25) is 0 Å². The Morgan fingerprint density at radius 1 is 0.280 bits per heavy atom. The monoisotopic (exact) mass is 632 g/mol. The van der Waals surface area contributed by atoms with Crippen LogP contribution in [-0.2, 0) is 0 Å². The molecular weight excluding hydrogens is 601 g/mol. The first kappa shape index (κ1) is 27.7. The fourth-order valence-electron chi connectivity index (χ4n) is 9.37. The molecule has 0 nitrogen and oxygen atoms in total. The zero-order chi connectivity index (χ0) is 32.8. The lowest BCUT2D eigenvalue weighted by Crippen LogP contribution is -2.28. The lowest BCUT2D eigenvalue weighted by atomic mass is 9.60. The van der Waals surface area contributed by atoms with Gasteiger partial charge in [-0.2, -0.15) is 0 Å². The molecule has 0 amide bonds. The van der Waals surface area contributed by atoms with E-state index in [9.17, 15) is 0 Å². The van der Waals surface area contributed by atoms with Crippen molar-refractivity contribution in [2.75, 3.05) is 0 Å². The molecule has 50 heavy (non-hydrogen) atoms. The van der Waals surface area contributed by atoms with Crippen molar-refractivity contribution in [3.63, 3.8) is 0 Å².